The first-order valence-electron chi connectivity index (χ1n) is 4.52. The minimum atomic E-state index is 1.02. The van der Waals surface area contributed by atoms with E-state index in [0.29, 0.717) is 0 Å². The van der Waals surface area contributed by atoms with Crippen LogP contribution in [0, 0.1) is 0 Å². The summed E-state index contributed by atoms with van der Waals surface area (Å²) in [5.41, 5.74) is 2.67. The zero-order chi connectivity index (χ0) is 9.10. The Morgan fingerprint density at radius 2 is 2.00 bits per heavy atom. The second-order valence-electron chi connectivity index (χ2n) is 3.21. The third-order valence-corrected chi connectivity index (χ3v) is 2.27. The molecule has 0 bridgehead atoms. The van der Waals surface area contributed by atoms with Gasteiger partial charge in [0.2, 0.25) is 0 Å². The van der Waals surface area contributed by atoms with Crippen molar-refractivity contribution in [3.05, 3.63) is 54.3 Å². The van der Waals surface area contributed by atoms with Gasteiger partial charge in [0.25, 0.3) is 0 Å². The standard InChI is InChI=1S/C12H13N/c1-13-10-6-2-3-7-11-8-4-5-9-12(11)13/h2-6,8-10H,7H2,1H3. The van der Waals surface area contributed by atoms with Gasteiger partial charge in [0.1, 0.15) is 0 Å². The van der Waals surface area contributed by atoms with Gasteiger partial charge in [-0.25, -0.2) is 0 Å². The summed E-state index contributed by atoms with van der Waals surface area (Å²) in [6, 6.07) is 8.49. The smallest absolute Gasteiger partial charge is 0.0439 e. The molecule has 2 rings (SSSR count). The third kappa shape index (κ3) is 1.64. The van der Waals surface area contributed by atoms with Crippen molar-refractivity contribution >= 4 is 5.69 Å². The van der Waals surface area contributed by atoms with Crippen LogP contribution in [-0.2, 0) is 6.42 Å². The Morgan fingerprint density at radius 1 is 1.15 bits per heavy atom. The fraction of sp³-hybridized carbons (Fsp3) is 0.167. The van der Waals surface area contributed by atoms with E-state index in [1.54, 1.807) is 0 Å². The molecule has 0 radical (unpaired) electrons. The van der Waals surface area contributed by atoms with Crippen LogP contribution in [0.5, 0.6) is 0 Å². The molecule has 0 N–H and O–H groups in total. The summed E-state index contributed by atoms with van der Waals surface area (Å²) in [5, 5.41) is 0. The molecule has 0 saturated carbocycles. The molecular formula is C12H13N. The minimum Gasteiger partial charge on any atom is -0.351 e. The SMILES string of the molecule is CN1C=CC=CCc2ccccc21. The summed E-state index contributed by atoms with van der Waals surface area (Å²) >= 11 is 0. The van der Waals surface area contributed by atoms with Gasteiger partial charge < -0.3 is 4.90 Å². The van der Waals surface area contributed by atoms with E-state index in [-0.39, 0.29) is 0 Å². The van der Waals surface area contributed by atoms with E-state index in [0.717, 1.165) is 6.42 Å². The Hall–Kier alpha value is -1.50. The van der Waals surface area contributed by atoms with Gasteiger partial charge in [0, 0.05) is 18.9 Å². The Labute approximate surface area is 79.0 Å². The van der Waals surface area contributed by atoms with Crippen molar-refractivity contribution in [1.29, 1.82) is 0 Å². The largest absolute Gasteiger partial charge is 0.351 e. The van der Waals surface area contributed by atoms with Crippen LogP contribution in [0.2, 0.25) is 0 Å². The minimum absolute atomic E-state index is 1.02. The third-order valence-electron chi connectivity index (χ3n) is 2.27. The second kappa shape index (κ2) is 3.48. The quantitative estimate of drug-likeness (QED) is 0.580. The maximum atomic E-state index is 2.18. The molecule has 0 fully saturated rings. The van der Waals surface area contributed by atoms with E-state index in [4.69, 9.17) is 0 Å². The lowest BCUT2D eigenvalue weighted by Crippen LogP contribution is -2.10. The van der Waals surface area contributed by atoms with Crippen molar-refractivity contribution in [2.75, 3.05) is 11.9 Å². The first-order valence-corrected chi connectivity index (χ1v) is 4.52. The summed E-state index contributed by atoms with van der Waals surface area (Å²) in [6.07, 6.45) is 9.43. The number of para-hydroxylation sites is 1. The van der Waals surface area contributed by atoms with Gasteiger partial charge in [-0.1, -0.05) is 30.4 Å². The van der Waals surface area contributed by atoms with E-state index in [1.807, 2.05) is 0 Å². The molecule has 1 aliphatic heterocycles. The zero-order valence-corrected chi connectivity index (χ0v) is 7.77. The molecule has 1 heterocycles. The van der Waals surface area contributed by atoms with E-state index in [1.165, 1.54) is 11.3 Å². The fourth-order valence-corrected chi connectivity index (χ4v) is 1.56. The van der Waals surface area contributed by atoms with E-state index in [9.17, 15) is 0 Å². The molecule has 0 saturated heterocycles. The summed E-state index contributed by atoms with van der Waals surface area (Å²) in [7, 11) is 2.08. The monoisotopic (exact) mass is 171 g/mol. The molecule has 1 aromatic rings. The van der Waals surface area contributed by atoms with Gasteiger partial charge in [-0.2, -0.15) is 0 Å². The lowest BCUT2D eigenvalue weighted by molar-refractivity contribution is 1.14. The van der Waals surface area contributed by atoms with Crippen LogP contribution < -0.4 is 4.90 Å². The summed E-state index contributed by atoms with van der Waals surface area (Å²) in [4.78, 5) is 2.15. The molecule has 13 heavy (non-hydrogen) atoms. The molecule has 0 spiro atoms. The molecule has 1 aliphatic rings. The Morgan fingerprint density at radius 3 is 2.92 bits per heavy atom. The summed E-state index contributed by atoms with van der Waals surface area (Å²) < 4.78 is 0. The molecule has 1 nitrogen and oxygen atoms in total. The summed E-state index contributed by atoms with van der Waals surface area (Å²) in [6.45, 7) is 0. The first-order chi connectivity index (χ1) is 6.38. The number of fused-ring (bicyclic) bond motifs is 1. The van der Waals surface area contributed by atoms with Crippen LogP contribution in [0.25, 0.3) is 0 Å². The average Bonchev–Trinajstić information content (AvgIpc) is 2.14. The van der Waals surface area contributed by atoms with Gasteiger partial charge >= 0.3 is 0 Å². The number of nitrogens with zero attached hydrogens (tertiary/aromatic N) is 1. The molecule has 0 aliphatic carbocycles. The highest BCUT2D eigenvalue weighted by Gasteiger charge is 2.03. The highest BCUT2D eigenvalue weighted by Crippen LogP contribution is 2.21. The zero-order valence-electron chi connectivity index (χ0n) is 7.77. The highest BCUT2D eigenvalue weighted by atomic mass is 15.1. The van der Waals surface area contributed by atoms with Gasteiger partial charge in [0.15, 0.2) is 0 Å². The number of rotatable bonds is 0. The molecule has 0 atom stereocenters. The van der Waals surface area contributed by atoms with Crippen molar-refractivity contribution in [1.82, 2.24) is 0 Å². The predicted octanol–water partition coefficient (Wildman–Crippen LogP) is 2.75. The Kier molecular flexibility index (Phi) is 2.17. The molecule has 0 aromatic heterocycles. The number of allylic oxidation sites excluding steroid dienone is 3. The fourth-order valence-electron chi connectivity index (χ4n) is 1.56. The highest BCUT2D eigenvalue weighted by molar-refractivity contribution is 5.56. The van der Waals surface area contributed by atoms with Crippen molar-refractivity contribution < 1.29 is 0 Å². The van der Waals surface area contributed by atoms with Crippen molar-refractivity contribution in [2.24, 2.45) is 0 Å². The van der Waals surface area contributed by atoms with Gasteiger partial charge in [0.05, 0.1) is 0 Å². The van der Waals surface area contributed by atoms with E-state index < -0.39 is 0 Å². The molecule has 1 heteroatoms. The number of benzene rings is 1. The van der Waals surface area contributed by atoms with Crippen molar-refractivity contribution in [2.45, 2.75) is 6.42 Å². The van der Waals surface area contributed by atoms with E-state index in [2.05, 4.69) is 60.6 Å². The van der Waals surface area contributed by atoms with Crippen LogP contribution in [0.4, 0.5) is 5.69 Å². The van der Waals surface area contributed by atoms with Gasteiger partial charge in [-0.15, -0.1) is 0 Å². The second-order valence-corrected chi connectivity index (χ2v) is 3.21. The van der Waals surface area contributed by atoms with Crippen LogP contribution in [0.3, 0.4) is 0 Å². The van der Waals surface area contributed by atoms with Gasteiger partial charge in [-0.3, -0.25) is 0 Å². The van der Waals surface area contributed by atoms with Gasteiger partial charge in [-0.05, 0) is 24.1 Å². The molecule has 1 aromatic carbocycles. The maximum Gasteiger partial charge on any atom is 0.0439 e. The van der Waals surface area contributed by atoms with Crippen molar-refractivity contribution in [3.8, 4) is 0 Å². The first kappa shape index (κ1) is 8.11. The molecule has 0 unspecified atom stereocenters. The normalized spacial score (nSPS) is 15.0. The van der Waals surface area contributed by atoms with Crippen molar-refractivity contribution in [3.63, 3.8) is 0 Å². The lowest BCUT2D eigenvalue weighted by atomic mass is 10.1. The van der Waals surface area contributed by atoms with E-state index >= 15 is 0 Å². The summed E-state index contributed by atoms with van der Waals surface area (Å²) in [5.74, 6) is 0. The maximum absolute atomic E-state index is 2.18. The van der Waals surface area contributed by atoms with Crippen LogP contribution in [-0.4, -0.2) is 7.05 Å². The van der Waals surface area contributed by atoms with Crippen LogP contribution in [0.15, 0.2) is 48.7 Å². The molecular weight excluding hydrogens is 158 g/mol. The number of anilines is 1. The molecule has 66 valence electrons. The predicted molar refractivity (Wildman–Crippen MR) is 56.8 cm³/mol. The molecule has 0 amide bonds. The number of hydrogen-bond acceptors (Lipinski definition) is 1. The topological polar surface area (TPSA) is 3.24 Å². The van der Waals surface area contributed by atoms with Crippen LogP contribution >= 0.6 is 0 Å². The Bertz CT molecular complexity index is 350. The average molecular weight is 171 g/mol. The van der Waals surface area contributed by atoms with Crippen LogP contribution in [0.1, 0.15) is 5.56 Å². The lowest BCUT2D eigenvalue weighted by Gasteiger charge is -2.18. The number of hydrogen-bond donors (Lipinski definition) is 0. The Balaban J connectivity index is 2.47.